The summed E-state index contributed by atoms with van der Waals surface area (Å²) < 4.78 is 0. The van der Waals surface area contributed by atoms with Gasteiger partial charge in [0.05, 0.1) is 6.04 Å². The molecule has 0 spiro atoms. The summed E-state index contributed by atoms with van der Waals surface area (Å²) in [6.45, 7) is 11.3. The predicted molar refractivity (Wildman–Crippen MR) is 112 cm³/mol. The zero-order valence-electron chi connectivity index (χ0n) is 17.8. The van der Waals surface area contributed by atoms with E-state index in [4.69, 9.17) is 0 Å². The van der Waals surface area contributed by atoms with E-state index in [1.165, 1.54) is 32.4 Å². The third-order valence-corrected chi connectivity index (χ3v) is 7.08. The van der Waals surface area contributed by atoms with E-state index in [1.54, 1.807) is 0 Å². The average molecular weight is 391 g/mol. The SMILES string of the molecule is CN=C(NCC1CCN(C2CC2)C1)N1CCN(C(C)C(=O)N2CCCC2)CC1. The lowest BCUT2D eigenvalue weighted by Gasteiger charge is -2.39. The fourth-order valence-corrected chi connectivity index (χ4v) is 5.05. The largest absolute Gasteiger partial charge is 0.356 e. The molecule has 4 aliphatic rings. The molecule has 7 nitrogen and oxygen atoms in total. The van der Waals surface area contributed by atoms with Gasteiger partial charge in [0.1, 0.15) is 0 Å². The first-order valence-electron chi connectivity index (χ1n) is 11.4. The van der Waals surface area contributed by atoms with Crippen LogP contribution in [0.5, 0.6) is 0 Å². The molecule has 3 saturated heterocycles. The number of likely N-dealkylation sites (tertiary alicyclic amines) is 2. The van der Waals surface area contributed by atoms with Crippen LogP contribution in [0.2, 0.25) is 0 Å². The summed E-state index contributed by atoms with van der Waals surface area (Å²) in [6.07, 6.45) is 6.45. The van der Waals surface area contributed by atoms with Crippen LogP contribution in [0, 0.1) is 5.92 Å². The third-order valence-electron chi connectivity index (χ3n) is 7.08. The van der Waals surface area contributed by atoms with Crippen molar-refractivity contribution < 1.29 is 4.79 Å². The number of amides is 1. The quantitative estimate of drug-likeness (QED) is 0.553. The summed E-state index contributed by atoms with van der Waals surface area (Å²) in [4.78, 5) is 26.6. The molecule has 1 aliphatic carbocycles. The molecule has 1 saturated carbocycles. The number of hydrogen-bond donors (Lipinski definition) is 1. The van der Waals surface area contributed by atoms with Gasteiger partial charge in [-0.15, -0.1) is 0 Å². The third kappa shape index (κ3) is 4.62. The lowest BCUT2D eigenvalue weighted by molar-refractivity contribution is -0.135. The molecule has 7 heteroatoms. The van der Waals surface area contributed by atoms with Crippen LogP contribution in [-0.2, 0) is 4.79 Å². The molecule has 4 fully saturated rings. The van der Waals surface area contributed by atoms with Crippen molar-refractivity contribution in [2.24, 2.45) is 10.9 Å². The molecule has 3 heterocycles. The molecular weight excluding hydrogens is 352 g/mol. The van der Waals surface area contributed by atoms with E-state index in [0.29, 0.717) is 5.91 Å². The summed E-state index contributed by atoms with van der Waals surface area (Å²) in [5.41, 5.74) is 0. The van der Waals surface area contributed by atoms with Crippen molar-refractivity contribution in [3.63, 3.8) is 0 Å². The van der Waals surface area contributed by atoms with E-state index in [0.717, 1.165) is 76.6 Å². The van der Waals surface area contributed by atoms with Gasteiger partial charge in [-0.3, -0.25) is 14.7 Å². The molecule has 0 aromatic rings. The zero-order valence-corrected chi connectivity index (χ0v) is 17.8. The Balaban J connectivity index is 1.20. The number of rotatable bonds is 5. The molecule has 0 radical (unpaired) electrons. The van der Waals surface area contributed by atoms with E-state index in [2.05, 4.69) is 31.9 Å². The number of aliphatic imine (C=N–C) groups is 1. The van der Waals surface area contributed by atoms with Gasteiger partial charge in [-0.2, -0.15) is 0 Å². The second-order valence-corrected chi connectivity index (χ2v) is 9.04. The smallest absolute Gasteiger partial charge is 0.239 e. The predicted octanol–water partition coefficient (Wildman–Crippen LogP) is 0.675. The number of piperazine rings is 1. The Bertz CT molecular complexity index is 563. The van der Waals surface area contributed by atoms with Gasteiger partial charge >= 0.3 is 0 Å². The second-order valence-electron chi connectivity index (χ2n) is 9.04. The fourth-order valence-electron chi connectivity index (χ4n) is 5.05. The highest BCUT2D eigenvalue weighted by Crippen LogP contribution is 2.31. The van der Waals surface area contributed by atoms with Crippen molar-refractivity contribution in [2.45, 2.75) is 51.1 Å². The maximum atomic E-state index is 12.7. The van der Waals surface area contributed by atoms with Gasteiger partial charge in [0.25, 0.3) is 0 Å². The van der Waals surface area contributed by atoms with Crippen LogP contribution in [0.25, 0.3) is 0 Å². The first-order valence-corrected chi connectivity index (χ1v) is 11.4. The molecule has 4 rings (SSSR count). The number of carbonyl (C=O) groups excluding carboxylic acids is 1. The van der Waals surface area contributed by atoms with Crippen LogP contribution in [0.4, 0.5) is 0 Å². The molecule has 28 heavy (non-hydrogen) atoms. The molecule has 2 unspecified atom stereocenters. The van der Waals surface area contributed by atoms with Crippen molar-refractivity contribution in [1.82, 2.24) is 24.9 Å². The van der Waals surface area contributed by atoms with Gasteiger partial charge in [0.15, 0.2) is 5.96 Å². The van der Waals surface area contributed by atoms with Gasteiger partial charge in [-0.05, 0) is 51.5 Å². The van der Waals surface area contributed by atoms with Gasteiger partial charge in [0.2, 0.25) is 5.91 Å². The summed E-state index contributed by atoms with van der Waals surface area (Å²) in [6, 6.07) is 0.893. The molecule has 0 aromatic heterocycles. The van der Waals surface area contributed by atoms with Crippen LogP contribution in [0.1, 0.15) is 39.0 Å². The van der Waals surface area contributed by atoms with Crippen LogP contribution < -0.4 is 5.32 Å². The molecule has 0 bridgehead atoms. The Morgan fingerprint density at radius 3 is 2.36 bits per heavy atom. The zero-order chi connectivity index (χ0) is 19.5. The van der Waals surface area contributed by atoms with Crippen molar-refractivity contribution >= 4 is 11.9 Å². The molecule has 158 valence electrons. The maximum absolute atomic E-state index is 12.7. The standard InChI is InChI=1S/C21H38N6O/c1-17(20(28)25-8-3-4-9-25)24-11-13-26(14-12-24)21(22-2)23-15-18-7-10-27(16-18)19-5-6-19/h17-19H,3-16H2,1-2H3,(H,22,23). The molecule has 1 N–H and O–H groups in total. The van der Waals surface area contributed by atoms with Crippen molar-refractivity contribution in [3.8, 4) is 0 Å². The van der Waals surface area contributed by atoms with E-state index >= 15 is 0 Å². The lowest BCUT2D eigenvalue weighted by Crippen LogP contribution is -2.57. The van der Waals surface area contributed by atoms with Gasteiger partial charge in [0, 0.05) is 65.4 Å². The van der Waals surface area contributed by atoms with Crippen LogP contribution in [0.15, 0.2) is 4.99 Å². The monoisotopic (exact) mass is 390 g/mol. The van der Waals surface area contributed by atoms with Crippen LogP contribution in [-0.4, -0.2) is 110 Å². The minimum Gasteiger partial charge on any atom is -0.356 e. The highest BCUT2D eigenvalue weighted by molar-refractivity contribution is 5.82. The van der Waals surface area contributed by atoms with E-state index < -0.39 is 0 Å². The molecule has 1 amide bonds. The van der Waals surface area contributed by atoms with Gasteiger partial charge in [-0.1, -0.05) is 0 Å². The lowest BCUT2D eigenvalue weighted by atomic mass is 10.1. The summed E-state index contributed by atoms with van der Waals surface area (Å²) in [5.74, 6) is 2.09. The second kappa shape index (κ2) is 8.99. The Morgan fingerprint density at radius 2 is 1.71 bits per heavy atom. The minimum absolute atomic E-state index is 0.00196. The van der Waals surface area contributed by atoms with Crippen LogP contribution >= 0.6 is 0 Å². The molecule has 0 aromatic carbocycles. The van der Waals surface area contributed by atoms with E-state index in [-0.39, 0.29) is 6.04 Å². The Kier molecular flexibility index (Phi) is 6.41. The van der Waals surface area contributed by atoms with E-state index in [1.807, 2.05) is 11.9 Å². The number of guanidine groups is 1. The number of hydrogen-bond acceptors (Lipinski definition) is 4. The first kappa shape index (κ1) is 20.0. The maximum Gasteiger partial charge on any atom is 0.239 e. The van der Waals surface area contributed by atoms with Crippen LogP contribution in [0.3, 0.4) is 0 Å². The first-order chi connectivity index (χ1) is 13.7. The Labute approximate surface area is 170 Å². The number of nitrogens with zero attached hydrogens (tertiary/aromatic N) is 5. The van der Waals surface area contributed by atoms with Crippen molar-refractivity contribution in [3.05, 3.63) is 0 Å². The van der Waals surface area contributed by atoms with E-state index in [9.17, 15) is 4.79 Å². The fraction of sp³-hybridized carbons (Fsp3) is 0.905. The summed E-state index contributed by atoms with van der Waals surface area (Å²) >= 11 is 0. The number of carbonyl (C=O) groups is 1. The Hall–Kier alpha value is -1.34. The highest BCUT2D eigenvalue weighted by atomic mass is 16.2. The molecular formula is C21H38N6O. The highest BCUT2D eigenvalue weighted by Gasteiger charge is 2.35. The molecule has 3 aliphatic heterocycles. The van der Waals surface area contributed by atoms with Gasteiger partial charge < -0.3 is 20.0 Å². The minimum atomic E-state index is 0.00196. The van der Waals surface area contributed by atoms with Crippen molar-refractivity contribution in [2.75, 3.05) is 66.0 Å². The summed E-state index contributed by atoms with van der Waals surface area (Å²) in [7, 11) is 1.89. The average Bonchev–Trinajstić information content (AvgIpc) is 3.23. The normalized spacial score (nSPS) is 28.8. The molecule has 2 atom stereocenters. The topological polar surface area (TPSA) is 54.4 Å². The van der Waals surface area contributed by atoms with Crippen molar-refractivity contribution in [1.29, 1.82) is 0 Å². The van der Waals surface area contributed by atoms with Gasteiger partial charge in [-0.25, -0.2) is 0 Å². The number of nitrogens with one attached hydrogen (secondary N) is 1. The Morgan fingerprint density at radius 1 is 1.00 bits per heavy atom. The summed E-state index contributed by atoms with van der Waals surface area (Å²) in [5, 5.41) is 3.63.